The zero-order valence-corrected chi connectivity index (χ0v) is 8.89. The molecule has 2 heteroatoms. The van der Waals surface area contributed by atoms with Crippen LogP contribution in [0.25, 0.3) is 0 Å². The predicted molar refractivity (Wildman–Crippen MR) is 51.1 cm³/mol. The zero-order chi connectivity index (χ0) is 9.57. The summed E-state index contributed by atoms with van der Waals surface area (Å²) in [5.41, 5.74) is -0.529. The predicted octanol–water partition coefficient (Wildman–Crippen LogP) is 1.35. The van der Waals surface area contributed by atoms with Crippen LogP contribution < -0.4 is 0 Å². The Morgan fingerprint density at radius 3 is 2.25 bits per heavy atom. The van der Waals surface area contributed by atoms with Crippen molar-refractivity contribution in [2.24, 2.45) is 11.3 Å². The number of hydrogen-bond acceptors (Lipinski definition) is 2. The smallest absolute Gasteiger partial charge is 0.0720 e. The number of piperidine rings is 1. The van der Waals surface area contributed by atoms with E-state index in [2.05, 4.69) is 32.7 Å². The van der Waals surface area contributed by atoms with Gasteiger partial charge in [-0.3, -0.25) is 0 Å². The van der Waals surface area contributed by atoms with Crippen LogP contribution in [0.2, 0.25) is 0 Å². The van der Waals surface area contributed by atoms with Crippen LogP contribution in [0.1, 0.15) is 27.7 Å². The van der Waals surface area contributed by atoms with Crippen molar-refractivity contribution in [2.75, 3.05) is 20.1 Å². The lowest BCUT2D eigenvalue weighted by atomic mass is 9.66. The van der Waals surface area contributed by atoms with Crippen LogP contribution in [-0.4, -0.2) is 35.7 Å². The van der Waals surface area contributed by atoms with E-state index in [1.165, 1.54) is 0 Å². The molecule has 2 nitrogen and oxygen atoms in total. The van der Waals surface area contributed by atoms with E-state index in [0.29, 0.717) is 5.92 Å². The quantitative estimate of drug-likeness (QED) is 0.594. The molecule has 1 N–H and O–H groups in total. The Kier molecular flexibility index (Phi) is 2.26. The average Bonchev–Trinajstić information content (AvgIpc) is 1.82. The van der Waals surface area contributed by atoms with Crippen molar-refractivity contribution < 1.29 is 5.11 Å². The first-order valence-electron chi connectivity index (χ1n) is 4.68. The highest BCUT2D eigenvalue weighted by atomic mass is 16.3. The molecule has 1 saturated heterocycles. The molecule has 0 aromatic heterocycles. The first-order chi connectivity index (χ1) is 5.27. The van der Waals surface area contributed by atoms with Crippen LogP contribution in [0.3, 0.4) is 0 Å². The molecule has 0 amide bonds. The van der Waals surface area contributed by atoms with Crippen molar-refractivity contribution in [2.45, 2.75) is 33.3 Å². The maximum atomic E-state index is 10.3. The van der Waals surface area contributed by atoms with E-state index >= 15 is 0 Å². The fraction of sp³-hybridized carbons (Fsp3) is 1.00. The largest absolute Gasteiger partial charge is 0.389 e. The molecule has 0 bridgehead atoms. The lowest BCUT2D eigenvalue weighted by molar-refractivity contribution is -0.136. The highest BCUT2D eigenvalue weighted by Gasteiger charge is 2.47. The Labute approximate surface area is 75.6 Å². The van der Waals surface area contributed by atoms with Gasteiger partial charge in [-0.2, -0.15) is 0 Å². The van der Waals surface area contributed by atoms with Crippen molar-refractivity contribution in [3.63, 3.8) is 0 Å². The summed E-state index contributed by atoms with van der Waals surface area (Å²) in [6.07, 6.45) is 0. The normalized spacial score (nSPS) is 43.0. The fourth-order valence-corrected chi connectivity index (χ4v) is 2.21. The first kappa shape index (κ1) is 10.0. The fourth-order valence-electron chi connectivity index (χ4n) is 2.21. The summed E-state index contributed by atoms with van der Waals surface area (Å²) < 4.78 is 0. The van der Waals surface area contributed by atoms with Crippen molar-refractivity contribution >= 4 is 0 Å². The van der Waals surface area contributed by atoms with Crippen LogP contribution in [0, 0.1) is 11.3 Å². The first-order valence-corrected chi connectivity index (χ1v) is 4.68. The van der Waals surface area contributed by atoms with Gasteiger partial charge in [0, 0.05) is 18.5 Å². The Balaban J connectivity index is 2.86. The average molecular weight is 171 g/mol. The number of aliphatic hydroxyl groups is 1. The summed E-state index contributed by atoms with van der Waals surface area (Å²) in [5, 5.41) is 10.3. The van der Waals surface area contributed by atoms with Gasteiger partial charge in [-0.25, -0.2) is 0 Å². The minimum Gasteiger partial charge on any atom is -0.389 e. The molecule has 1 rings (SSSR count). The summed E-state index contributed by atoms with van der Waals surface area (Å²) in [6.45, 7) is 10.3. The molecular formula is C10H21NO. The molecule has 0 saturated carbocycles. The van der Waals surface area contributed by atoms with E-state index in [1.54, 1.807) is 0 Å². The lowest BCUT2D eigenvalue weighted by Crippen LogP contribution is -2.59. The van der Waals surface area contributed by atoms with Gasteiger partial charge in [-0.15, -0.1) is 0 Å². The third-order valence-electron chi connectivity index (χ3n) is 3.58. The molecular weight excluding hydrogens is 150 g/mol. The zero-order valence-electron chi connectivity index (χ0n) is 8.89. The maximum Gasteiger partial charge on any atom is 0.0720 e. The Hall–Kier alpha value is -0.0800. The van der Waals surface area contributed by atoms with E-state index in [0.717, 1.165) is 13.1 Å². The van der Waals surface area contributed by atoms with Gasteiger partial charge < -0.3 is 10.0 Å². The highest BCUT2D eigenvalue weighted by Crippen LogP contribution is 2.40. The molecule has 1 aliphatic rings. The van der Waals surface area contributed by atoms with Crippen LogP contribution in [0.15, 0.2) is 0 Å². The minimum atomic E-state index is -0.528. The van der Waals surface area contributed by atoms with Gasteiger partial charge in [0.2, 0.25) is 0 Å². The summed E-state index contributed by atoms with van der Waals surface area (Å²) in [6, 6.07) is 0. The Morgan fingerprint density at radius 1 is 1.33 bits per heavy atom. The van der Waals surface area contributed by atoms with Crippen molar-refractivity contribution in [3.8, 4) is 0 Å². The summed E-state index contributed by atoms with van der Waals surface area (Å²) in [7, 11) is 2.12. The second kappa shape index (κ2) is 2.71. The monoisotopic (exact) mass is 171 g/mol. The van der Waals surface area contributed by atoms with Gasteiger partial charge in [0.25, 0.3) is 0 Å². The number of rotatable bonds is 0. The topological polar surface area (TPSA) is 23.5 Å². The summed E-state index contributed by atoms with van der Waals surface area (Å²) >= 11 is 0. The van der Waals surface area contributed by atoms with Crippen LogP contribution in [0.4, 0.5) is 0 Å². The summed E-state index contributed by atoms with van der Waals surface area (Å²) in [4.78, 5) is 2.29. The van der Waals surface area contributed by atoms with Gasteiger partial charge in [-0.1, -0.05) is 20.8 Å². The maximum absolute atomic E-state index is 10.3. The second-order valence-electron chi connectivity index (χ2n) is 5.13. The second-order valence-corrected chi connectivity index (χ2v) is 5.13. The SMILES string of the molecule is CC1CN(C)CC(C)(C)C1(C)O. The van der Waals surface area contributed by atoms with E-state index in [9.17, 15) is 5.11 Å². The molecule has 72 valence electrons. The van der Waals surface area contributed by atoms with Crippen molar-refractivity contribution in [1.29, 1.82) is 0 Å². The molecule has 0 aliphatic carbocycles. The van der Waals surface area contributed by atoms with E-state index < -0.39 is 5.60 Å². The standard InChI is InChI=1S/C10H21NO/c1-8-6-11(5)7-9(2,3)10(8,4)12/h8,12H,6-7H2,1-5H3. The Morgan fingerprint density at radius 2 is 1.83 bits per heavy atom. The van der Waals surface area contributed by atoms with E-state index in [-0.39, 0.29) is 5.41 Å². The number of hydrogen-bond donors (Lipinski definition) is 1. The molecule has 0 aromatic rings. The van der Waals surface area contributed by atoms with Crippen LogP contribution >= 0.6 is 0 Å². The molecule has 12 heavy (non-hydrogen) atoms. The molecule has 2 atom stereocenters. The third kappa shape index (κ3) is 1.38. The van der Waals surface area contributed by atoms with Crippen LogP contribution in [-0.2, 0) is 0 Å². The molecule has 1 aliphatic heterocycles. The molecule has 1 fully saturated rings. The highest BCUT2D eigenvalue weighted by molar-refractivity contribution is 4.99. The van der Waals surface area contributed by atoms with Gasteiger partial charge >= 0.3 is 0 Å². The van der Waals surface area contributed by atoms with Gasteiger partial charge in [0.15, 0.2) is 0 Å². The van der Waals surface area contributed by atoms with E-state index in [1.807, 2.05) is 6.92 Å². The van der Waals surface area contributed by atoms with Crippen molar-refractivity contribution in [3.05, 3.63) is 0 Å². The van der Waals surface area contributed by atoms with Gasteiger partial charge in [0.1, 0.15) is 0 Å². The van der Waals surface area contributed by atoms with Gasteiger partial charge in [0.05, 0.1) is 5.60 Å². The lowest BCUT2D eigenvalue weighted by Gasteiger charge is -2.51. The summed E-state index contributed by atoms with van der Waals surface area (Å²) in [5.74, 6) is 0.353. The minimum absolute atomic E-state index is 0.000579. The van der Waals surface area contributed by atoms with E-state index in [4.69, 9.17) is 0 Å². The molecule has 1 heterocycles. The van der Waals surface area contributed by atoms with Crippen molar-refractivity contribution in [1.82, 2.24) is 4.90 Å². The Bertz CT molecular complexity index is 175. The molecule has 2 unspecified atom stereocenters. The molecule has 0 spiro atoms. The molecule has 0 radical (unpaired) electrons. The third-order valence-corrected chi connectivity index (χ3v) is 3.58. The number of likely N-dealkylation sites (tertiary alicyclic amines) is 1. The number of nitrogens with zero attached hydrogens (tertiary/aromatic N) is 1. The molecule has 0 aromatic carbocycles. The van der Waals surface area contributed by atoms with Crippen LogP contribution in [0.5, 0.6) is 0 Å². The van der Waals surface area contributed by atoms with Gasteiger partial charge in [-0.05, 0) is 19.9 Å².